The molecule has 0 saturated heterocycles. The minimum Gasteiger partial charge on any atom is -0.240 e. The smallest absolute Gasteiger partial charge is 0.240 e. The summed E-state index contributed by atoms with van der Waals surface area (Å²) in [7, 11) is -3.75. The van der Waals surface area contributed by atoms with Gasteiger partial charge in [-0.3, -0.25) is 0 Å². The summed E-state index contributed by atoms with van der Waals surface area (Å²) >= 11 is 13.3. The van der Waals surface area contributed by atoms with Gasteiger partial charge in [0, 0.05) is 0 Å². The van der Waals surface area contributed by atoms with Crippen molar-refractivity contribution in [1.82, 2.24) is 9.71 Å². The molecule has 1 aromatic heterocycles. The number of rotatable bonds is 4. The van der Waals surface area contributed by atoms with Gasteiger partial charge < -0.3 is 0 Å². The van der Waals surface area contributed by atoms with E-state index in [-0.39, 0.29) is 21.5 Å². The summed E-state index contributed by atoms with van der Waals surface area (Å²) in [5, 5.41) is 0.897. The Labute approximate surface area is 141 Å². The lowest BCUT2D eigenvalue weighted by atomic mass is 10.3. The number of benzene rings is 2. The number of hydrogen-bond acceptors (Lipinski definition) is 4. The van der Waals surface area contributed by atoms with Crippen LogP contribution < -0.4 is 4.72 Å². The molecule has 0 atom stereocenters. The normalized spacial score (nSPS) is 11.9. The van der Waals surface area contributed by atoms with E-state index in [4.69, 9.17) is 23.2 Å². The van der Waals surface area contributed by atoms with Gasteiger partial charge in [0.25, 0.3) is 0 Å². The Morgan fingerprint density at radius 1 is 1.09 bits per heavy atom. The van der Waals surface area contributed by atoms with Crippen LogP contribution in [0.4, 0.5) is 0 Å². The predicted octanol–water partition coefficient (Wildman–Crippen LogP) is 4.08. The van der Waals surface area contributed by atoms with E-state index in [1.54, 1.807) is 6.07 Å². The number of aromatic nitrogens is 1. The van der Waals surface area contributed by atoms with Gasteiger partial charge in [0.1, 0.15) is 9.90 Å². The van der Waals surface area contributed by atoms with Gasteiger partial charge in [0.05, 0.1) is 26.8 Å². The van der Waals surface area contributed by atoms with Crippen LogP contribution in [0.1, 0.15) is 5.01 Å². The maximum absolute atomic E-state index is 12.3. The lowest BCUT2D eigenvalue weighted by Crippen LogP contribution is -2.23. The van der Waals surface area contributed by atoms with Crippen LogP contribution in [-0.2, 0) is 16.6 Å². The third kappa shape index (κ3) is 3.11. The molecule has 4 nitrogen and oxygen atoms in total. The van der Waals surface area contributed by atoms with Crippen molar-refractivity contribution in [2.75, 3.05) is 0 Å². The number of nitrogens with one attached hydrogen (secondary N) is 1. The molecule has 1 N–H and O–H groups in total. The quantitative estimate of drug-likeness (QED) is 0.750. The highest BCUT2D eigenvalue weighted by atomic mass is 35.5. The average molecular weight is 373 g/mol. The molecule has 0 unspecified atom stereocenters. The first-order chi connectivity index (χ1) is 10.5. The minimum atomic E-state index is -3.75. The third-order valence-electron chi connectivity index (χ3n) is 2.96. The number of para-hydroxylation sites is 1. The minimum absolute atomic E-state index is 0.0148. The lowest BCUT2D eigenvalue weighted by molar-refractivity contribution is 0.581. The van der Waals surface area contributed by atoms with E-state index < -0.39 is 10.0 Å². The Morgan fingerprint density at radius 3 is 2.64 bits per heavy atom. The number of fused-ring (bicyclic) bond motifs is 1. The molecule has 0 bridgehead atoms. The van der Waals surface area contributed by atoms with Crippen molar-refractivity contribution in [1.29, 1.82) is 0 Å². The molecule has 0 saturated carbocycles. The molecule has 0 aliphatic heterocycles. The second-order valence-electron chi connectivity index (χ2n) is 4.45. The summed E-state index contributed by atoms with van der Waals surface area (Å²) in [5.74, 6) is 0. The Morgan fingerprint density at radius 2 is 1.86 bits per heavy atom. The number of nitrogens with zero attached hydrogens (tertiary/aromatic N) is 1. The first kappa shape index (κ1) is 15.7. The van der Waals surface area contributed by atoms with Crippen molar-refractivity contribution < 1.29 is 8.42 Å². The standard InChI is InChI=1S/C14H10Cl2N2O2S2/c15-9-4-3-7-12(14(9)16)22(19,20)17-8-13-18-10-5-1-2-6-11(10)21-13/h1-7,17H,8H2. The van der Waals surface area contributed by atoms with Crippen molar-refractivity contribution in [3.8, 4) is 0 Å². The molecule has 0 amide bonds. The van der Waals surface area contributed by atoms with E-state index in [1.165, 1.54) is 23.5 Å². The monoisotopic (exact) mass is 372 g/mol. The summed E-state index contributed by atoms with van der Waals surface area (Å²) in [6, 6.07) is 12.1. The predicted molar refractivity (Wildman–Crippen MR) is 90.1 cm³/mol. The van der Waals surface area contributed by atoms with Gasteiger partial charge >= 0.3 is 0 Å². The van der Waals surface area contributed by atoms with Crippen LogP contribution in [0.5, 0.6) is 0 Å². The average Bonchev–Trinajstić information content (AvgIpc) is 2.91. The summed E-state index contributed by atoms with van der Waals surface area (Å²) < 4.78 is 28.1. The second-order valence-corrected chi connectivity index (χ2v) is 8.09. The molecule has 2 aromatic carbocycles. The van der Waals surface area contributed by atoms with Gasteiger partial charge in [-0.05, 0) is 24.3 Å². The highest BCUT2D eigenvalue weighted by molar-refractivity contribution is 7.89. The van der Waals surface area contributed by atoms with Gasteiger partial charge in [-0.25, -0.2) is 18.1 Å². The van der Waals surface area contributed by atoms with Crippen molar-refractivity contribution in [3.63, 3.8) is 0 Å². The molecule has 3 aromatic rings. The van der Waals surface area contributed by atoms with Crippen molar-refractivity contribution in [2.45, 2.75) is 11.4 Å². The lowest BCUT2D eigenvalue weighted by Gasteiger charge is -2.07. The van der Waals surface area contributed by atoms with Crippen LogP contribution in [0.2, 0.25) is 10.0 Å². The van der Waals surface area contributed by atoms with Crippen molar-refractivity contribution in [2.24, 2.45) is 0 Å². The zero-order valence-corrected chi connectivity index (χ0v) is 14.2. The molecule has 22 heavy (non-hydrogen) atoms. The van der Waals surface area contributed by atoms with Gasteiger partial charge in [-0.2, -0.15) is 0 Å². The SMILES string of the molecule is O=S(=O)(NCc1nc2ccccc2s1)c1cccc(Cl)c1Cl. The number of hydrogen-bond donors (Lipinski definition) is 1. The summed E-state index contributed by atoms with van der Waals surface area (Å²) in [6.07, 6.45) is 0. The molecular formula is C14H10Cl2N2O2S2. The Balaban J connectivity index is 1.84. The second kappa shape index (κ2) is 6.14. The van der Waals surface area contributed by atoms with Gasteiger partial charge in [-0.15, -0.1) is 11.3 Å². The maximum Gasteiger partial charge on any atom is 0.242 e. The molecule has 0 radical (unpaired) electrons. The van der Waals surface area contributed by atoms with Crippen molar-refractivity contribution >= 4 is 54.8 Å². The fourth-order valence-corrected chi connectivity index (χ4v) is 4.67. The Bertz CT molecular complexity index is 906. The Hall–Kier alpha value is -1.18. The summed E-state index contributed by atoms with van der Waals surface area (Å²) in [5.41, 5.74) is 0.850. The summed E-state index contributed by atoms with van der Waals surface area (Å²) in [6.45, 7) is 0.102. The molecule has 0 spiro atoms. The molecule has 3 rings (SSSR count). The molecule has 8 heteroatoms. The van der Waals surface area contributed by atoms with Crippen molar-refractivity contribution in [3.05, 3.63) is 57.5 Å². The van der Waals surface area contributed by atoms with E-state index in [0.717, 1.165) is 10.2 Å². The highest BCUT2D eigenvalue weighted by Gasteiger charge is 2.19. The fraction of sp³-hybridized carbons (Fsp3) is 0.0714. The van der Waals surface area contributed by atoms with E-state index >= 15 is 0 Å². The van der Waals surface area contributed by atoms with E-state index in [9.17, 15) is 8.42 Å². The fourth-order valence-electron chi connectivity index (χ4n) is 1.92. The largest absolute Gasteiger partial charge is 0.242 e. The van der Waals surface area contributed by atoms with Crippen LogP contribution in [0.3, 0.4) is 0 Å². The summed E-state index contributed by atoms with van der Waals surface area (Å²) in [4.78, 5) is 4.34. The van der Waals surface area contributed by atoms with Gasteiger partial charge in [0.15, 0.2) is 0 Å². The highest BCUT2D eigenvalue weighted by Crippen LogP contribution is 2.29. The van der Waals surface area contributed by atoms with Crippen LogP contribution in [0, 0.1) is 0 Å². The van der Waals surface area contributed by atoms with Crippen LogP contribution >= 0.6 is 34.5 Å². The molecule has 114 valence electrons. The van der Waals surface area contributed by atoms with Crippen LogP contribution in [0.15, 0.2) is 47.4 Å². The van der Waals surface area contributed by atoms with Gasteiger partial charge in [0.2, 0.25) is 10.0 Å². The molecule has 0 aliphatic rings. The zero-order chi connectivity index (χ0) is 15.7. The zero-order valence-electron chi connectivity index (χ0n) is 11.1. The van der Waals surface area contributed by atoms with Gasteiger partial charge in [-0.1, -0.05) is 41.4 Å². The number of halogens is 2. The first-order valence-electron chi connectivity index (χ1n) is 6.25. The van der Waals surface area contributed by atoms with Crippen LogP contribution in [0.25, 0.3) is 10.2 Å². The topological polar surface area (TPSA) is 59.1 Å². The molecule has 0 fully saturated rings. The Kier molecular flexibility index (Phi) is 4.38. The molecule has 1 heterocycles. The molecule has 0 aliphatic carbocycles. The number of thiazole rings is 1. The van der Waals surface area contributed by atoms with E-state index in [2.05, 4.69) is 9.71 Å². The van der Waals surface area contributed by atoms with Crippen LogP contribution in [-0.4, -0.2) is 13.4 Å². The van der Waals surface area contributed by atoms with E-state index in [1.807, 2.05) is 24.3 Å². The molecular weight excluding hydrogens is 363 g/mol. The third-order valence-corrected chi connectivity index (χ3v) is 6.37. The first-order valence-corrected chi connectivity index (χ1v) is 9.31. The van der Waals surface area contributed by atoms with E-state index in [0.29, 0.717) is 5.01 Å². The maximum atomic E-state index is 12.3. The number of sulfonamides is 1.